The van der Waals surface area contributed by atoms with Crippen molar-refractivity contribution in [3.05, 3.63) is 22.2 Å². The molecule has 0 aliphatic carbocycles. The largest absolute Gasteiger partial charge is 0.355 e. The molecule has 0 atom stereocenters. The van der Waals surface area contributed by atoms with E-state index in [2.05, 4.69) is 15.3 Å². The molecular formula is C7H9N3O2S. The summed E-state index contributed by atoms with van der Waals surface area (Å²) in [6.07, 6.45) is 3.04. The van der Waals surface area contributed by atoms with Gasteiger partial charge in [-0.15, -0.1) is 11.8 Å². The van der Waals surface area contributed by atoms with E-state index >= 15 is 0 Å². The van der Waals surface area contributed by atoms with Gasteiger partial charge in [0.1, 0.15) is 0 Å². The number of H-pyrrole nitrogens is 1. The van der Waals surface area contributed by atoms with Crippen molar-refractivity contribution < 1.29 is 4.79 Å². The van der Waals surface area contributed by atoms with Crippen LogP contribution in [0.4, 0.5) is 0 Å². The van der Waals surface area contributed by atoms with E-state index in [-0.39, 0.29) is 5.91 Å². The van der Waals surface area contributed by atoms with Crippen LogP contribution in [-0.2, 0) is 0 Å². The lowest BCUT2D eigenvalue weighted by molar-refractivity contribution is 0.0959. The first-order valence-electron chi connectivity index (χ1n) is 3.54. The van der Waals surface area contributed by atoms with Crippen molar-refractivity contribution in [2.75, 3.05) is 13.3 Å². The first-order valence-corrected chi connectivity index (χ1v) is 4.77. The van der Waals surface area contributed by atoms with E-state index in [4.69, 9.17) is 0 Å². The number of carbonyl (C=O) groups is 1. The maximum absolute atomic E-state index is 11.2. The summed E-state index contributed by atoms with van der Waals surface area (Å²) in [5.41, 5.74) is -0.0633. The molecule has 6 heteroatoms. The third-order valence-electron chi connectivity index (χ3n) is 1.45. The van der Waals surface area contributed by atoms with Gasteiger partial charge in [0.25, 0.3) is 5.91 Å². The number of hydrogen-bond acceptors (Lipinski definition) is 4. The molecule has 0 aliphatic heterocycles. The highest BCUT2D eigenvalue weighted by atomic mass is 32.2. The molecule has 0 aromatic carbocycles. The highest BCUT2D eigenvalue weighted by molar-refractivity contribution is 7.98. The average molecular weight is 199 g/mol. The Bertz CT molecular complexity index is 374. The molecule has 1 aromatic rings. The van der Waals surface area contributed by atoms with Crippen LogP contribution in [0.1, 0.15) is 10.4 Å². The number of rotatable bonds is 2. The van der Waals surface area contributed by atoms with Gasteiger partial charge >= 0.3 is 5.69 Å². The lowest BCUT2D eigenvalue weighted by atomic mass is 10.3. The molecule has 1 rings (SSSR count). The summed E-state index contributed by atoms with van der Waals surface area (Å²) in [7, 11) is 1.53. The number of nitrogens with zero attached hydrogens (tertiary/aromatic N) is 1. The molecule has 70 valence electrons. The number of thioether (sulfide) groups is 1. The Balaban J connectivity index is 3.21. The Labute approximate surface area is 79.0 Å². The van der Waals surface area contributed by atoms with Crippen molar-refractivity contribution in [2.24, 2.45) is 0 Å². The van der Waals surface area contributed by atoms with Crippen LogP contribution in [0.15, 0.2) is 16.0 Å². The van der Waals surface area contributed by atoms with Gasteiger partial charge in [-0.3, -0.25) is 9.78 Å². The quantitative estimate of drug-likeness (QED) is 0.513. The first-order chi connectivity index (χ1) is 6.19. The smallest absolute Gasteiger partial charge is 0.345 e. The fourth-order valence-corrected chi connectivity index (χ4v) is 1.39. The second-order valence-electron chi connectivity index (χ2n) is 2.21. The fourth-order valence-electron chi connectivity index (χ4n) is 0.836. The van der Waals surface area contributed by atoms with E-state index in [0.717, 1.165) is 0 Å². The number of amides is 1. The van der Waals surface area contributed by atoms with Crippen LogP contribution in [0, 0.1) is 0 Å². The molecule has 0 fully saturated rings. The molecule has 0 radical (unpaired) electrons. The Morgan fingerprint density at radius 2 is 2.38 bits per heavy atom. The van der Waals surface area contributed by atoms with E-state index in [1.54, 1.807) is 6.26 Å². The van der Waals surface area contributed by atoms with E-state index in [9.17, 15) is 9.59 Å². The molecule has 0 unspecified atom stereocenters. The molecular weight excluding hydrogens is 190 g/mol. The highest BCUT2D eigenvalue weighted by Gasteiger charge is 2.10. The second kappa shape index (κ2) is 4.08. The molecule has 1 heterocycles. The van der Waals surface area contributed by atoms with Crippen LogP contribution in [0.5, 0.6) is 0 Å². The summed E-state index contributed by atoms with van der Waals surface area (Å²) in [5.74, 6) is -0.256. The summed E-state index contributed by atoms with van der Waals surface area (Å²) in [5, 5.41) is 2.99. The summed E-state index contributed by atoms with van der Waals surface area (Å²) >= 11 is 1.30. The van der Waals surface area contributed by atoms with Gasteiger partial charge in [0.2, 0.25) is 0 Å². The molecule has 5 nitrogen and oxygen atoms in total. The summed E-state index contributed by atoms with van der Waals surface area (Å²) in [4.78, 5) is 28.0. The number of aromatic nitrogens is 2. The van der Waals surface area contributed by atoms with Gasteiger partial charge in [0, 0.05) is 13.2 Å². The third-order valence-corrected chi connectivity index (χ3v) is 2.18. The Morgan fingerprint density at radius 1 is 1.69 bits per heavy atom. The first kappa shape index (κ1) is 9.79. The van der Waals surface area contributed by atoms with Crippen LogP contribution < -0.4 is 11.0 Å². The topological polar surface area (TPSA) is 74.8 Å². The SMILES string of the molecule is CNC(=O)c1cnc(=O)[nH]c1SC. The van der Waals surface area contributed by atoms with Gasteiger partial charge < -0.3 is 5.32 Å². The molecule has 2 N–H and O–H groups in total. The van der Waals surface area contributed by atoms with Gasteiger partial charge in [0.15, 0.2) is 0 Å². The Morgan fingerprint density at radius 3 is 2.92 bits per heavy atom. The zero-order valence-corrected chi connectivity index (χ0v) is 8.07. The number of aromatic amines is 1. The van der Waals surface area contributed by atoms with E-state index in [1.165, 1.54) is 25.0 Å². The Hall–Kier alpha value is -1.30. The lowest BCUT2D eigenvalue weighted by Crippen LogP contribution is -2.22. The zero-order valence-electron chi connectivity index (χ0n) is 7.25. The summed E-state index contributed by atoms with van der Waals surface area (Å²) in [6.45, 7) is 0. The van der Waals surface area contributed by atoms with Crippen LogP contribution >= 0.6 is 11.8 Å². The van der Waals surface area contributed by atoms with Crippen molar-refractivity contribution in [3.63, 3.8) is 0 Å². The minimum atomic E-state index is -0.447. The predicted molar refractivity (Wildman–Crippen MR) is 50.0 cm³/mol. The van der Waals surface area contributed by atoms with Crippen molar-refractivity contribution in [1.29, 1.82) is 0 Å². The zero-order chi connectivity index (χ0) is 9.84. The number of hydrogen-bond donors (Lipinski definition) is 2. The summed E-state index contributed by atoms with van der Waals surface area (Å²) in [6, 6.07) is 0. The highest BCUT2D eigenvalue weighted by Crippen LogP contribution is 2.13. The van der Waals surface area contributed by atoms with Crippen molar-refractivity contribution in [2.45, 2.75) is 5.03 Å². The fraction of sp³-hybridized carbons (Fsp3) is 0.286. The normalized spacial score (nSPS) is 9.69. The minimum Gasteiger partial charge on any atom is -0.355 e. The average Bonchev–Trinajstić information content (AvgIpc) is 2.16. The van der Waals surface area contributed by atoms with Crippen LogP contribution in [0.25, 0.3) is 0 Å². The van der Waals surface area contributed by atoms with Gasteiger partial charge in [-0.2, -0.15) is 0 Å². The van der Waals surface area contributed by atoms with E-state index < -0.39 is 5.69 Å². The van der Waals surface area contributed by atoms with E-state index in [1.807, 2.05) is 0 Å². The molecule has 1 aromatic heterocycles. The minimum absolute atomic E-state index is 0.256. The van der Waals surface area contributed by atoms with Crippen molar-refractivity contribution in [3.8, 4) is 0 Å². The van der Waals surface area contributed by atoms with Gasteiger partial charge in [-0.25, -0.2) is 9.78 Å². The van der Waals surface area contributed by atoms with Gasteiger partial charge in [-0.05, 0) is 6.26 Å². The van der Waals surface area contributed by atoms with Gasteiger partial charge in [0.05, 0.1) is 10.6 Å². The van der Waals surface area contributed by atoms with Crippen LogP contribution in [0.3, 0.4) is 0 Å². The maximum Gasteiger partial charge on any atom is 0.345 e. The molecule has 0 saturated heterocycles. The molecule has 0 aliphatic rings. The number of nitrogens with one attached hydrogen (secondary N) is 2. The molecule has 1 amide bonds. The van der Waals surface area contributed by atoms with E-state index in [0.29, 0.717) is 10.6 Å². The standard InChI is InChI=1S/C7H9N3O2S/c1-8-5(11)4-3-9-7(12)10-6(4)13-2/h3H,1-2H3,(H,8,11)(H,9,10,12). The van der Waals surface area contributed by atoms with Crippen molar-refractivity contribution >= 4 is 17.7 Å². The Kier molecular flexibility index (Phi) is 3.07. The lowest BCUT2D eigenvalue weighted by Gasteiger charge is -2.03. The van der Waals surface area contributed by atoms with Crippen LogP contribution in [0.2, 0.25) is 0 Å². The molecule has 0 saturated carbocycles. The molecule has 13 heavy (non-hydrogen) atoms. The van der Waals surface area contributed by atoms with Gasteiger partial charge in [-0.1, -0.05) is 0 Å². The second-order valence-corrected chi connectivity index (χ2v) is 3.03. The summed E-state index contributed by atoms with van der Waals surface area (Å²) < 4.78 is 0. The third kappa shape index (κ3) is 2.09. The maximum atomic E-state index is 11.2. The number of carbonyl (C=O) groups excluding carboxylic acids is 1. The monoisotopic (exact) mass is 199 g/mol. The van der Waals surface area contributed by atoms with Crippen LogP contribution in [-0.4, -0.2) is 29.2 Å². The predicted octanol–water partition coefficient (Wildman–Crippen LogP) is -0.149. The van der Waals surface area contributed by atoms with Crippen molar-refractivity contribution in [1.82, 2.24) is 15.3 Å². The molecule has 0 spiro atoms. The molecule has 0 bridgehead atoms.